The molecule has 0 saturated heterocycles. The smallest absolute Gasteiger partial charge is 0.409 e. The highest BCUT2D eigenvalue weighted by Crippen LogP contribution is 2.45. The molecule has 0 saturated carbocycles. The van der Waals surface area contributed by atoms with Crippen LogP contribution in [0.5, 0.6) is 0 Å². The maximum Gasteiger partial charge on any atom is 0.409 e. The Bertz CT molecular complexity index is 963. The summed E-state index contributed by atoms with van der Waals surface area (Å²) in [6, 6.07) is 16.7. The van der Waals surface area contributed by atoms with Crippen LogP contribution in [0.3, 0.4) is 0 Å². The zero-order valence-electron chi connectivity index (χ0n) is 15.8. The van der Waals surface area contributed by atoms with Crippen LogP contribution in [0, 0.1) is 11.3 Å². The van der Waals surface area contributed by atoms with E-state index in [0.717, 1.165) is 5.56 Å². The molecular weight excluding hydrogens is 422 g/mol. The molecule has 2 amide bonds. The van der Waals surface area contributed by atoms with E-state index in [9.17, 15) is 14.9 Å². The minimum atomic E-state index is -1.85. The summed E-state index contributed by atoms with van der Waals surface area (Å²) in [5.74, 6) is -0.522. The van der Waals surface area contributed by atoms with E-state index in [0.29, 0.717) is 15.7 Å². The molecule has 0 unspecified atom stereocenters. The standard InChI is InChI=1S/C21H20BrN3O3/c1-20(2,3)28-19(27)24-21(13-23)15-10-7-11-16(22)17(15)25(18(21)26)12-14-8-5-4-6-9-14/h4-11H,12H2,1-3H3,(H,24,27)/t21-/m0/s1. The van der Waals surface area contributed by atoms with Gasteiger partial charge in [0.1, 0.15) is 11.7 Å². The van der Waals surface area contributed by atoms with Gasteiger partial charge in [-0.05, 0) is 48.3 Å². The van der Waals surface area contributed by atoms with Crippen LogP contribution in [0.1, 0.15) is 31.9 Å². The number of rotatable bonds is 3. The fourth-order valence-electron chi connectivity index (χ4n) is 3.14. The van der Waals surface area contributed by atoms with Crippen molar-refractivity contribution >= 4 is 33.6 Å². The first-order chi connectivity index (χ1) is 13.2. The van der Waals surface area contributed by atoms with E-state index in [2.05, 4.69) is 21.2 Å². The zero-order valence-corrected chi connectivity index (χ0v) is 17.4. The lowest BCUT2D eigenvalue weighted by molar-refractivity contribution is -0.122. The first-order valence-corrected chi connectivity index (χ1v) is 9.54. The highest BCUT2D eigenvalue weighted by atomic mass is 79.9. The van der Waals surface area contributed by atoms with E-state index in [-0.39, 0.29) is 6.54 Å². The number of hydrogen-bond acceptors (Lipinski definition) is 4. The third-order valence-electron chi connectivity index (χ3n) is 4.27. The number of fused-ring (bicyclic) bond motifs is 1. The quantitative estimate of drug-likeness (QED) is 0.771. The Morgan fingerprint density at radius 3 is 2.50 bits per heavy atom. The number of anilines is 1. The van der Waals surface area contributed by atoms with E-state index >= 15 is 0 Å². The van der Waals surface area contributed by atoms with Crippen LogP contribution in [-0.2, 0) is 21.6 Å². The Kier molecular flexibility index (Phi) is 5.18. The molecule has 0 aliphatic carbocycles. The lowest BCUT2D eigenvalue weighted by Crippen LogP contribution is -2.53. The highest BCUT2D eigenvalue weighted by molar-refractivity contribution is 9.10. The normalized spacial score (nSPS) is 18.4. The number of halogens is 1. The van der Waals surface area contributed by atoms with Crippen molar-refractivity contribution in [1.29, 1.82) is 5.26 Å². The average molecular weight is 442 g/mol. The van der Waals surface area contributed by atoms with Crippen molar-refractivity contribution in [3.8, 4) is 6.07 Å². The van der Waals surface area contributed by atoms with Gasteiger partial charge in [-0.25, -0.2) is 4.79 Å². The SMILES string of the molecule is CC(C)(C)OC(=O)N[C@]1(C#N)C(=O)N(Cc2ccccc2)c2c(Br)cccc21. The van der Waals surface area contributed by atoms with Crippen molar-refractivity contribution in [2.24, 2.45) is 0 Å². The second kappa shape index (κ2) is 7.28. The van der Waals surface area contributed by atoms with E-state index in [1.165, 1.54) is 4.90 Å². The van der Waals surface area contributed by atoms with Gasteiger partial charge in [-0.1, -0.05) is 42.5 Å². The predicted octanol–water partition coefficient (Wildman–Crippen LogP) is 4.24. The third kappa shape index (κ3) is 3.60. The second-order valence-corrected chi connectivity index (χ2v) is 8.36. The van der Waals surface area contributed by atoms with Crippen LogP contribution in [0.2, 0.25) is 0 Å². The Balaban J connectivity index is 2.05. The van der Waals surface area contributed by atoms with Crippen molar-refractivity contribution < 1.29 is 14.3 Å². The molecule has 0 spiro atoms. The molecule has 1 aliphatic rings. The predicted molar refractivity (Wildman–Crippen MR) is 108 cm³/mol. The summed E-state index contributed by atoms with van der Waals surface area (Å²) >= 11 is 3.48. The summed E-state index contributed by atoms with van der Waals surface area (Å²) in [5.41, 5.74) is -0.726. The van der Waals surface area contributed by atoms with E-state index < -0.39 is 23.1 Å². The monoisotopic (exact) mass is 441 g/mol. The molecular formula is C21H20BrN3O3. The summed E-state index contributed by atoms with van der Waals surface area (Å²) in [6.45, 7) is 5.42. The van der Waals surface area contributed by atoms with Crippen molar-refractivity contribution in [2.75, 3.05) is 4.90 Å². The van der Waals surface area contributed by atoms with Gasteiger partial charge in [0.15, 0.2) is 0 Å². The molecule has 1 heterocycles. The molecule has 1 atom stereocenters. The minimum Gasteiger partial charge on any atom is -0.444 e. The number of hydrogen-bond donors (Lipinski definition) is 1. The van der Waals surface area contributed by atoms with E-state index in [1.807, 2.05) is 36.4 Å². The maximum absolute atomic E-state index is 13.4. The fraction of sp³-hybridized carbons (Fsp3) is 0.286. The first kappa shape index (κ1) is 19.9. The number of amides is 2. The van der Waals surface area contributed by atoms with Crippen LogP contribution in [-0.4, -0.2) is 17.6 Å². The topological polar surface area (TPSA) is 82.4 Å². The number of ether oxygens (including phenoxy) is 1. The van der Waals surface area contributed by atoms with Crippen molar-refractivity contribution in [1.82, 2.24) is 5.32 Å². The molecule has 0 aromatic heterocycles. The summed E-state index contributed by atoms with van der Waals surface area (Å²) in [6.07, 6.45) is -0.824. The molecule has 0 radical (unpaired) electrons. The number of benzene rings is 2. The molecule has 1 aliphatic heterocycles. The van der Waals surface area contributed by atoms with Crippen LogP contribution in [0.15, 0.2) is 53.0 Å². The number of carbonyl (C=O) groups is 2. The van der Waals surface area contributed by atoms with Gasteiger partial charge in [0, 0.05) is 10.0 Å². The molecule has 0 bridgehead atoms. The molecule has 0 fully saturated rings. The van der Waals surface area contributed by atoms with Gasteiger partial charge in [0.25, 0.3) is 5.91 Å². The number of nitriles is 1. The van der Waals surface area contributed by atoms with Crippen LogP contribution < -0.4 is 10.2 Å². The summed E-state index contributed by atoms with van der Waals surface area (Å²) in [5, 5.41) is 12.5. The zero-order chi connectivity index (χ0) is 20.5. The summed E-state index contributed by atoms with van der Waals surface area (Å²) in [4.78, 5) is 27.3. The van der Waals surface area contributed by atoms with Gasteiger partial charge in [-0.2, -0.15) is 5.26 Å². The van der Waals surface area contributed by atoms with Crippen molar-refractivity contribution in [3.05, 3.63) is 64.1 Å². The third-order valence-corrected chi connectivity index (χ3v) is 4.91. The maximum atomic E-state index is 13.4. The van der Waals surface area contributed by atoms with Crippen LogP contribution in [0.4, 0.5) is 10.5 Å². The molecule has 144 valence electrons. The number of nitrogens with one attached hydrogen (secondary N) is 1. The first-order valence-electron chi connectivity index (χ1n) is 8.75. The fourth-order valence-corrected chi connectivity index (χ4v) is 3.72. The summed E-state index contributed by atoms with van der Waals surface area (Å²) < 4.78 is 5.95. The summed E-state index contributed by atoms with van der Waals surface area (Å²) in [7, 11) is 0. The molecule has 6 nitrogen and oxygen atoms in total. The van der Waals surface area contributed by atoms with Gasteiger partial charge in [0.2, 0.25) is 5.54 Å². The van der Waals surface area contributed by atoms with Gasteiger partial charge in [0.05, 0.1) is 12.2 Å². The molecule has 2 aromatic rings. The number of carbonyl (C=O) groups excluding carboxylic acids is 2. The Hall–Kier alpha value is -2.85. The molecule has 2 aromatic carbocycles. The lowest BCUT2D eigenvalue weighted by Gasteiger charge is -2.26. The minimum absolute atomic E-state index is 0.273. The van der Waals surface area contributed by atoms with Crippen LogP contribution in [0.25, 0.3) is 0 Å². The Morgan fingerprint density at radius 1 is 1.21 bits per heavy atom. The number of nitrogens with zero attached hydrogens (tertiary/aromatic N) is 2. The highest BCUT2D eigenvalue weighted by Gasteiger charge is 2.54. The Morgan fingerprint density at radius 2 is 1.89 bits per heavy atom. The van der Waals surface area contributed by atoms with Gasteiger partial charge in [-0.3, -0.25) is 10.1 Å². The van der Waals surface area contributed by atoms with E-state index in [1.54, 1.807) is 39.0 Å². The van der Waals surface area contributed by atoms with Gasteiger partial charge < -0.3 is 9.64 Å². The molecule has 1 N–H and O–H groups in total. The van der Waals surface area contributed by atoms with Gasteiger partial charge >= 0.3 is 6.09 Å². The average Bonchev–Trinajstić information content (AvgIpc) is 2.85. The van der Waals surface area contributed by atoms with Crippen molar-refractivity contribution in [3.63, 3.8) is 0 Å². The molecule has 28 heavy (non-hydrogen) atoms. The number of para-hydroxylation sites is 1. The molecule has 7 heteroatoms. The van der Waals surface area contributed by atoms with E-state index in [4.69, 9.17) is 4.74 Å². The van der Waals surface area contributed by atoms with Gasteiger partial charge in [-0.15, -0.1) is 0 Å². The Labute approximate surface area is 172 Å². The second-order valence-electron chi connectivity index (χ2n) is 7.50. The van der Waals surface area contributed by atoms with Crippen molar-refractivity contribution in [2.45, 2.75) is 38.5 Å². The lowest BCUT2D eigenvalue weighted by atomic mass is 9.93. The molecule has 3 rings (SSSR count). The largest absolute Gasteiger partial charge is 0.444 e. The number of alkyl carbamates (subject to hydrolysis) is 1. The van der Waals surface area contributed by atoms with Crippen LogP contribution >= 0.6 is 15.9 Å².